The molecule has 1 aliphatic heterocycles. The molecule has 1 fully saturated rings. The fourth-order valence-electron chi connectivity index (χ4n) is 2.29. The van der Waals surface area contributed by atoms with Crippen molar-refractivity contribution in [3.05, 3.63) is 28.2 Å². The number of carbonyl (C=O) groups excluding carboxylic acids is 1. The predicted molar refractivity (Wildman–Crippen MR) is 85.9 cm³/mol. The minimum Gasteiger partial charge on any atom is -0.497 e. The molecule has 0 bridgehead atoms. The van der Waals surface area contributed by atoms with Gasteiger partial charge in [-0.3, -0.25) is 4.79 Å². The fraction of sp³-hybridized carbons (Fsp3) is 0.500. The first-order valence-corrected chi connectivity index (χ1v) is 7.21. The summed E-state index contributed by atoms with van der Waals surface area (Å²) in [4.78, 5) is 14.6. The molecule has 1 aliphatic rings. The van der Waals surface area contributed by atoms with E-state index in [2.05, 4.69) is 35.1 Å². The standard InChI is InChI=1S/C14H19BrN2O2.ClH/c1-9-10(2)17(7-6-16-9)14(18)12-8-11(19-3)4-5-13(12)15;/h4-5,8-10,16H,6-7H2,1-3H3;1H. The largest absolute Gasteiger partial charge is 0.497 e. The fourth-order valence-corrected chi connectivity index (χ4v) is 2.71. The monoisotopic (exact) mass is 362 g/mol. The Balaban J connectivity index is 0.00000200. The second-order valence-electron chi connectivity index (χ2n) is 4.83. The van der Waals surface area contributed by atoms with E-state index in [-0.39, 0.29) is 24.4 Å². The molecule has 20 heavy (non-hydrogen) atoms. The number of ether oxygens (including phenoxy) is 1. The lowest BCUT2D eigenvalue weighted by atomic mass is 10.1. The van der Waals surface area contributed by atoms with Crippen LogP contribution in [0.3, 0.4) is 0 Å². The SMILES string of the molecule is COc1ccc(Br)c(C(=O)N2CCNC(C)C2C)c1.Cl. The molecule has 1 aromatic rings. The normalized spacial score (nSPS) is 22.1. The van der Waals surface area contributed by atoms with Crippen LogP contribution < -0.4 is 10.1 Å². The number of rotatable bonds is 2. The number of nitrogens with zero attached hydrogens (tertiary/aromatic N) is 1. The Labute approximate surface area is 134 Å². The first-order valence-electron chi connectivity index (χ1n) is 6.42. The van der Waals surface area contributed by atoms with Crippen LogP contribution in [0.4, 0.5) is 0 Å². The van der Waals surface area contributed by atoms with Crippen molar-refractivity contribution >= 4 is 34.2 Å². The van der Waals surface area contributed by atoms with Crippen LogP contribution in [-0.4, -0.2) is 43.1 Å². The van der Waals surface area contributed by atoms with E-state index in [0.717, 1.165) is 17.6 Å². The zero-order chi connectivity index (χ0) is 14.0. The van der Waals surface area contributed by atoms with Crippen molar-refractivity contribution in [2.24, 2.45) is 0 Å². The summed E-state index contributed by atoms with van der Waals surface area (Å²) in [5.41, 5.74) is 0.653. The number of halogens is 2. The van der Waals surface area contributed by atoms with Gasteiger partial charge in [0.25, 0.3) is 5.91 Å². The smallest absolute Gasteiger partial charge is 0.255 e. The van der Waals surface area contributed by atoms with Crippen molar-refractivity contribution in [1.29, 1.82) is 0 Å². The second-order valence-corrected chi connectivity index (χ2v) is 5.68. The maximum Gasteiger partial charge on any atom is 0.255 e. The van der Waals surface area contributed by atoms with Gasteiger partial charge in [0, 0.05) is 29.6 Å². The van der Waals surface area contributed by atoms with Crippen LogP contribution in [0.2, 0.25) is 0 Å². The van der Waals surface area contributed by atoms with E-state index in [1.165, 1.54) is 0 Å². The number of piperazine rings is 1. The summed E-state index contributed by atoms with van der Waals surface area (Å²) in [6.07, 6.45) is 0. The molecule has 0 aromatic heterocycles. The molecule has 1 saturated heterocycles. The number of benzene rings is 1. The van der Waals surface area contributed by atoms with E-state index in [1.807, 2.05) is 17.0 Å². The van der Waals surface area contributed by atoms with Gasteiger partial charge in [-0.2, -0.15) is 0 Å². The van der Waals surface area contributed by atoms with Crippen molar-refractivity contribution < 1.29 is 9.53 Å². The third-order valence-corrected chi connectivity index (χ3v) is 4.39. The average Bonchev–Trinajstić information content (AvgIpc) is 2.42. The number of nitrogens with one attached hydrogen (secondary N) is 1. The lowest BCUT2D eigenvalue weighted by Gasteiger charge is -2.38. The van der Waals surface area contributed by atoms with Crippen LogP contribution in [0, 0.1) is 0 Å². The first-order chi connectivity index (χ1) is 9.04. The Morgan fingerprint density at radius 2 is 2.15 bits per heavy atom. The molecular formula is C14H20BrClN2O2. The van der Waals surface area contributed by atoms with Gasteiger partial charge in [0.15, 0.2) is 0 Å². The number of amides is 1. The number of methoxy groups -OCH3 is 1. The van der Waals surface area contributed by atoms with E-state index in [4.69, 9.17) is 4.74 Å². The molecule has 2 unspecified atom stereocenters. The van der Waals surface area contributed by atoms with Gasteiger partial charge in [-0.05, 0) is 48.0 Å². The molecule has 112 valence electrons. The van der Waals surface area contributed by atoms with Crippen LogP contribution in [0.25, 0.3) is 0 Å². The molecule has 4 nitrogen and oxygen atoms in total. The summed E-state index contributed by atoms with van der Waals surface area (Å²) in [7, 11) is 1.60. The lowest BCUT2D eigenvalue weighted by molar-refractivity contribution is 0.0601. The predicted octanol–water partition coefficient (Wildman–Crippen LogP) is 2.70. The molecule has 0 radical (unpaired) electrons. The zero-order valence-corrected chi connectivity index (χ0v) is 14.3. The Kier molecular flexibility index (Phi) is 6.30. The van der Waals surface area contributed by atoms with Crippen LogP contribution in [0.15, 0.2) is 22.7 Å². The average molecular weight is 364 g/mol. The van der Waals surface area contributed by atoms with Crippen molar-refractivity contribution in [1.82, 2.24) is 10.2 Å². The van der Waals surface area contributed by atoms with Crippen LogP contribution >= 0.6 is 28.3 Å². The molecule has 0 aliphatic carbocycles. The summed E-state index contributed by atoms with van der Waals surface area (Å²) in [5.74, 6) is 0.744. The molecule has 0 spiro atoms. The molecule has 1 amide bonds. The highest BCUT2D eigenvalue weighted by Gasteiger charge is 2.29. The topological polar surface area (TPSA) is 41.6 Å². The quantitative estimate of drug-likeness (QED) is 0.878. The summed E-state index contributed by atoms with van der Waals surface area (Å²) in [6.45, 7) is 5.74. The van der Waals surface area contributed by atoms with Gasteiger partial charge in [0.1, 0.15) is 5.75 Å². The van der Waals surface area contributed by atoms with Crippen molar-refractivity contribution in [3.63, 3.8) is 0 Å². The maximum absolute atomic E-state index is 12.7. The Morgan fingerprint density at radius 3 is 2.80 bits per heavy atom. The first kappa shape index (κ1) is 17.3. The minimum absolute atomic E-state index is 0. The maximum atomic E-state index is 12.7. The minimum atomic E-state index is 0. The molecule has 1 heterocycles. The van der Waals surface area contributed by atoms with E-state index in [9.17, 15) is 4.79 Å². The highest BCUT2D eigenvalue weighted by Crippen LogP contribution is 2.25. The van der Waals surface area contributed by atoms with Crippen LogP contribution in [0.5, 0.6) is 5.75 Å². The number of hydrogen-bond donors (Lipinski definition) is 1. The third-order valence-electron chi connectivity index (χ3n) is 3.70. The van der Waals surface area contributed by atoms with Gasteiger partial charge in [-0.15, -0.1) is 12.4 Å². The van der Waals surface area contributed by atoms with Gasteiger partial charge in [0.05, 0.1) is 12.7 Å². The van der Waals surface area contributed by atoms with E-state index >= 15 is 0 Å². The highest BCUT2D eigenvalue weighted by atomic mass is 79.9. The second kappa shape index (κ2) is 7.29. The molecule has 1 aromatic carbocycles. The van der Waals surface area contributed by atoms with Gasteiger partial charge < -0.3 is 15.0 Å². The molecule has 0 saturated carbocycles. The van der Waals surface area contributed by atoms with Crippen molar-refractivity contribution in [3.8, 4) is 5.75 Å². The van der Waals surface area contributed by atoms with Gasteiger partial charge in [0.2, 0.25) is 0 Å². The molecule has 2 atom stereocenters. The molecule has 2 rings (SSSR count). The number of carbonyl (C=O) groups is 1. The van der Waals surface area contributed by atoms with Crippen molar-refractivity contribution in [2.75, 3.05) is 20.2 Å². The van der Waals surface area contributed by atoms with E-state index < -0.39 is 0 Å². The Bertz CT molecular complexity index is 484. The van der Waals surface area contributed by atoms with Crippen LogP contribution in [0.1, 0.15) is 24.2 Å². The van der Waals surface area contributed by atoms with Crippen molar-refractivity contribution in [2.45, 2.75) is 25.9 Å². The van der Waals surface area contributed by atoms with Gasteiger partial charge in [-0.25, -0.2) is 0 Å². The van der Waals surface area contributed by atoms with Crippen LogP contribution in [-0.2, 0) is 0 Å². The zero-order valence-electron chi connectivity index (χ0n) is 11.9. The lowest BCUT2D eigenvalue weighted by Crippen LogP contribution is -2.57. The van der Waals surface area contributed by atoms with E-state index in [0.29, 0.717) is 17.4 Å². The summed E-state index contributed by atoms with van der Waals surface area (Å²) < 4.78 is 5.99. The van der Waals surface area contributed by atoms with Gasteiger partial charge in [-0.1, -0.05) is 0 Å². The Morgan fingerprint density at radius 1 is 1.45 bits per heavy atom. The Hall–Kier alpha value is -0.780. The molecule has 1 N–H and O–H groups in total. The summed E-state index contributed by atoms with van der Waals surface area (Å²) in [6, 6.07) is 5.96. The third kappa shape index (κ3) is 3.45. The highest BCUT2D eigenvalue weighted by molar-refractivity contribution is 9.10. The van der Waals surface area contributed by atoms with Gasteiger partial charge >= 0.3 is 0 Å². The van der Waals surface area contributed by atoms with E-state index in [1.54, 1.807) is 13.2 Å². The summed E-state index contributed by atoms with van der Waals surface area (Å²) in [5, 5.41) is 3.37. The molecule has 6 heteroatoms. The summed E-state index contributed by atoms with van der Waals surface area (Å²) >= 11 is 3.44. The molecular weight excluding hydrogens is 344 g/mol. The number of hydrogen-bond acceptors (Lipinski definition) is 3.